The summed E-state index contributed by atoms with van der Waals surface area (Å²) in [5.41, 5.74) is 2.22. The van der Waals surface area contributed by atoms with Crippen molar-refractivity contribution in [2.75, 3.05) is 12.9 Å². The summed E-state index contributed by atoms with van der Waals surface area (Å²) in [6.07, 6.45) is 1.43. The van der Waals surface area contributed by atoms with E-state index < -0.39 is 34.5 Å². The molecule has 0 amide bonds. The number of ketones is 1. The van der Waals surface area contributed by atoms with Gasteiger partial charge in [-0.3, -0.25) is 19.2 Å². The van der Waals surface area contributed by atoms with E-state index in [2.05, 4.69) is 12.1 Å². The lowest BCUT2D eigenvalue weighted by molar-refractivity contribution is -0.249. The zero-order valence-electron chi connectivity index (χ0n) is 32.4. The molecule has 55 heavy (non-hydrogen) atoms. The van der Waals surface area contributed by atoms with Gasteiger partial charge < -0.3 is 14.2 Å². The first-order chi connectivity index (χ1) is 26.1. The molecule has 4 aromatic carbocycles. The minimum Gasteiger partial charge on any atom is -0.469 e. The molecule has 0 radical (unpaired) electrons. The van der Waals surface area contributed by atoms with Gasteiger partial charge in [-0.05, 0) is 86.1 Å². The molecule has 1 heterocycles. The maximum Gasteiger partial charge on any atom is 0.326 e. The third kappa shape index (κ3) is 10.4. The second kappa shape index (κ2) is 17.9. The number of Topliss-reactive ketones (excluding diaryl/α,β-unsaturated/α-hetero) is 1. The predicted molar refractivity (Wildman–Crippen MR) is 221 cm³/mol. The third-order valence-corrected chi connectivity index (χ3v) is 12.2. The number of esters is 3. The fraction of sp³-hybridized carbons (Fsp3) is 0.370. The van der Waals surface area contributed by atoms with Crippen LogP contribution in [0.2, 0.25) is 0 Å². The van der Waals surface area contributed by atoms with Crippen molar-refractivity contribution in [1.29, 1.82) is 0 Å². The zero-order chi connectivity index (χ0) is 39.8. The van der Waals surface area contributed by atoms with E-state index in [0.717, 1.165) is 32.0 Å². The van der Waals surface area contributed by atoms with Gasteiger partial charge in [-0.25, -0.2) is 0 Å². The Morgan fingerprint density at radius 2 is 1.24 bits per heavy atom. The molecule has 0 saturated carbocycles. The van der Waals surface area contributed by atoms with Crippen LogP contribution in [-0.4, -0.2) is 46.5 Å². The monoisotopic (exact) mass is 778 g/mol. The van der Waals surface area contributed by atoms with Gasteiger partial charge in [-0.2, -0.15) is 0 Å². The molecule has 9 heteroatoms. The number of rotatable bonds is 16. The average Bonchev–Trinajstić information content (AvgIpc) is 3.17. The normalized spacial score (nSPS) is 17.4. The molecule has 0 aromatic heterocycles. The molecule has 288 valence electrons. The lowest BCUT2D eigenvalue weighted by Crippen LogP contribution is -2.53. The van der Waals surface area contributed by atoms with Crippen molar-refractivity contribution in [3.05, 3.63) is 143 Å². The van der Waals surface area contributed by atoms with E-state index in [1.165, 1.54) is 27.9 Å². The van der Waals surface area contributed by atoms with E-state index >= 15 is 0 Å². The molecule has 0 N–H and O–H groups in total. The highest BCUT2D eigenvalue weighted by Crippen LogP contribution is 2.45. The first-order valence-corrected chi connectivity index (χ1v) is 20.0. The van der Waals surface area contributed by atoms with Crippen molar-refractivity contribution in [1.82, 2.24) is 0 Å². The maximum atomic E-state index is 14.0. The van der Waals surface area contributed by atoms with Gasteiger partial charge in [0, 0.05) is 25.5 Å². The number of hydrogen-bond acceptors (Lipinski definition) is 9. The van der Waals surface area contributed by atoms with Gasteiger partial charge in [0.15, 0.2) is 5.41 Å². The van der Waals surface area contributed by atoms with Gasteiger partial charge in [0.2, 0.25) is 0 Å². The Morgan fingerprint density at radius 3 is 1.76 bits per heavy atom. The van der Waals surface area contributed by atoms with Crippen molar-refractivity contribution in [2.24, 2.45) is 10.8 Å². The summed E-state index contributed by atoms with van der Waals surface area (Å²) in [6, 6.07) is 37.5. The second-order valence-corrected chi connectivity index (χ2v) is 17.2. The van der Waals surface area contributed by atoms with Gasteiger partial charge in [0.05, 0.1) is 16.7 Å². The first kappa shape index (κ1) is 41.6. The van der Waals surface area contributed by atoms with Crippen LogP contribution in [0.15, 0.2) is 115 Å². The van der Waals surface area contributed by atoms with Crippen LogP contribution in [0.4, 0.5) is 0 Å². The molecule has 4 aromatic rings. The topological polar surface area (TPSA) is 96.0 Å². The molecular formula is C46H50O7S2. The molecular weight excluding hydrogens is 729 g/mol. The Bertz CT molecular complexity index is 1940. The van der Waals surface area contributed by atoms with Gasteiger partial charge in [0.1, 0.15) is 5.78 Å². The molecule has 4 atom stereocenters. The number of benzene rings is 4. The summed E-state index contributed by atoms with van der Waals surface area (Å²) < 4.78 is 17.2. The number of thioether (sulfide) groups is 1. The van der Waals surface area contributed by atoms with Crippen molar-refractivity contribution in [2.45, 2.75) is 83.8 Å². The smallest absolute Gasteiger partial charge is 0.326 e. The summed E-state index contributed by atoms with van der Waals surface area (Å²) in [4.78, 5) is 53.4. The summed E-state index contributed by atoms with van der Waals surface area (Å²) in [5, 5.41) is 0. The van der Waals surface area contributed by atoms with E-state index in [1.54, 1.807) is 18.7 Å². The number of ether oxygens (including phenoxy) is 3. The minimum atomic E-state index is -1.50. The number of thiocarbonyl (C=S) groups is 1. The van der Waals surface area contributed by atoms with Crippen LogP contribution in [0.3, 0.4) is 0 Å². The summed E-state index contributed by atoms with van der Waals surface area (Å²) in [6.45, 7) is 8.17. The Balaban J connectivity index is 1.49. The number of carbonyl (C=O) groups is 4. The largest absolute Gasteiger partial charge is 0.469 e. The number of carbonyl (C=O) groups excluding carboxylic acids is 4. The highest BCUT2D eigenvalue weighted by molar-refractivity contribution is 8.23. The Morgan fingerprint density at radius 1 is 0.745 bits per heavy atom. The highest BCUT2D eigenvalue weighted by atomic mass is 32.2. The molecule has 0 spiro atoms. The quantitative estimate of drug-likeness (QED) is 0.0626. The molecule has 1 fully saturated rings. The van der Waals surface area contributed by atoms with Gasteiger partial charge in [0.25, 0.3) is 5.79 Å². The van der Waals surface area contributed by atoms with Crippen LogP contribution in [0.1, 0.15) is 99.5 Å². The van der Waals surface area contributed by atoms with Crippen LogP contribution in [0, 0.1) is 10.8 Å². The first-order valence-electron chi connectivity index (χ1n) is 18.6. The van der Waals surface area contributed by atoms with Crippen molar-refractivity contribution in [3.63, 3.8) is 0 Å². The Kier molecular flexibility index (Phi) is 13.5. The zero-order valence-corrected chi connectivity index (χ0v) is 34.0. The highest BCUT2D eigenvalue weighted by Gasteiger charge is 2.53. The van der Waals surface area contributed by atoms with E-state index in [0.29, 0.717) is 25.0 Å². The minimum absolute atomic E-state index is 0.0331. The number of cyclic esters (lactones) is 2. The van der Waals surface area contributed by atoms with Crippen LogP contribution < -0.4 is 0 Å². The van der Waals surface area contributed by atoms with Crippen LogP contribution in [0.5, 0.6) is 0 Å². The molecule has 4 unspecified atom stereocenters. The number of methoxy groups -OCH3 is 1. The third-order valence-electron chi connectivity index (χ3n) is 10.6. The molecule has 1 aliphatic heterocycles. The average molecular weight is 779 g/mol. The van der Waals surface area contributed by atoms with Crippen molar-refractivity contribution >= 4 is 51.9 Å². The Labute approximate surface area is 334 Å². The Hall–Kier alpha value is -4.60. The second-order valence-electron chi connectivity index (χ2n) is 15.5. The fourth-order valence-electron chi connectivity index (χ4n) is 7.50. The summed E-state index contributed by atoms with van der Waals surface area (Å²) >= 11 is 7.44. The van der Waals surface area contributed by atoms with Gasteiger partial charge in [-0.1, -0.05) is 127 Å². The summed E-state index contributed by atoms with van der Waals surface area (Å²) in [7, 11) is 1.42. The van der Waals surface area contributed by atoms with Gasteiger partial charge >= 0.3 is 17.9 Å². The lowest BCUT2D eigenvalue weighted by Gasteiger charge is -2.38. The van der Waals surface area contributed by atoms with Crippen LogP contribution in [0.25, 0.3) is 0 Å². The summed E-state index contributed by atoms with van der Waals surface area (Å²) in [5.74, 6) is -2.92. The maximum absolute atomic E-state index is 14.0. The SMILES string of the molecule is COC(=O)C(C)(CC(CSC(=S)c1ccccc1)c1ccccc1)CC(CC(C(C)=O)c1ccccc1)c1ccc(CC2(C)C(=O)OC(C)(C)OC2=O)cc1. The van der Waals surface area contributed by atoms with Crippen LogP contribution >= 0.6 is 24.0 Å². The van der Waals surface area contributed by atoms with Crippen molar-refractivity contribution < 1.29 is 33.4 Å². The lowest BCUT2D eigenvalue weighted by atomic mass is 9.69. The predicted octanol–water partition coefficient (Wildman–Crippen LogP) is 9.77. The standard InChI is InChI=1S/C46H50O7S2/c1-31(47)39(35-18-12-8-13-19-35)26-37(34-24-22-32(23-25-34)27-46(5)42(49)52-44(2,3)53-43(46)50)28-45(4,41(48)51-6)29-38(33-16-10-7-11-17-33)30-55-40(54)36-20-14-9-15-21-36/h7-25,37-39H,26-30H2,1-6H3. The molecule has 1 saturated heterocycles. The van der Waals surface area contributed by atoms with Gasteiger partial charge in [-0.15, -0.1) is 11.8 Å². The molecule has 1 aliphatic rings. The van der Waals surface area contributed by atoms with Crippen LogP contribution in [-0.2, 0) is 39.8 Å². The fourth-order valence-corrected chi connectivity index (χ4v) is 8.80. The number of hydrogen-bond donors (Lipinski definition) is 0. The van der Waals surface area contributed by atoms with E-state index in [9.17, 15) is 19.2 Å². The molecule has 0 bridgehead atoms. The van der Waals surface area contributed by atoms with E-state index in [1.807, 2.05) is 110 Å². The molecule has 0 aliphatic carbocycles. The van der Waals surface area contributed by atoms with E-state index in [4.69, 9.17) is 26.4 Å². The molecule has 5 rings (SSSR count). The molecule has 7 nitrogen and oxygen atoms in total. The van der Waals surface area contributed by atoms with Crippen molar-refractivity contribution in [3.8, 4) is 0 Å². The van der Waals surface area contributed by atoms with E-state index in [-0.39, 0.29) is 30.0 Å².